The van der Waals surface area contributed by atoms with Crippen LogP contribution in [0, 0.1) is 0 Å². The molecule has 0 amide bonds. The minimum Gasteiger partial charge on any atom is -0.392 e. The molecular weight excluding hydrogens is 162 g/mol. The molecule has 0 aromatic carbocycles. The Morgan fingerprint density at radius 3 is 2.85 bits per heavy atom. The van der Waals surface area contributed by atoms with Gasteiger partial charge in [-0.15, -0.1) is 0 Å². The summed E-state index contributed by atoms with van der Waals surface area (Å²) in [6.07, 6.45) is 6.09. The Balaban J connectivity index is 2.35. The summed E-state index contributed by atoms with van der Waals surface area (Å²) in [7, 11) is 0. The molecule has 0 aromatic heterocycles. The topological polar surface area (TPSA) is 23.5 Å². The lowest BCUT2D eigenvalue weighted by Crippen LogP contribution is -2.38. The molecule has 1 aliphatic heterocycles. The first-order valence-corrected chi connectivity index (χ1v) is 5.66. The fourth-order valence-electron chi connectivity index (χ4n) is 2.01. The molecule has 78 valence electrons. The number of β-amino-alcohol motifs (C(OH)–C–C–N with tert-alkyl or cyclic N) is 1. The molecule has 1 rings (SSSR count). The fraction of sp³-hybridized carbons (Fsp3) is 1.00. The molecule has 0 saturated carbocycles. The van der Waals surface area contributed by atoms with Crippen LogP contribution >= 0.6 is 0 Å². The van der Waals surface area contributed by atoms with E-state index in [1.807, 2.05) is 6.92 Å². The molecular formula is C11H23NO. The Labute approximate surface area is 81.9 Å². The summed E-state index contributed by atoms with van der Waals surface area (Å²) in [6, 6.07) is 0.670. The average Bonchev–Trinajstić information content (AvgIpc) is 2.32. The van der Waals surface area contributed by atoms with Crippen LogP contribution < -0.4 is 0 Å². The molecule has 1 aliphatic rings. The van der Waals surface area contributed by atoms with Crippen molar-refractivity contribution in [1.29, 1.82) is 0 Å². The minimum atomic E-state index is -0.124. The van der Waals surface area contributed by atoms with Gasteiger partial charge in [0, 0.05) is 12.6 Å². The smallest absolute Gasteiger partial charge is 0.0664 e. The molecule has 1 saturated heterocycles. The number of likely N-dealkylation sites (tertiary alicyclic amines) is 1. The van der Waals surface area contributed by atoms with Gasteiger partial charge in [0.25, 0.3) is 0 Å². The first kappa shape index (κ1) is 11.0. The lowest BCUT2D eigenvalue weighted by atomic mass is 10.1. The van der Waals surface area contributed by atoms with Crippen LogP contribution in [0.4, 0.5) is 0 Å². The predicted octanol–water partition coefficient (Wildman–Crippen LogP) is 2.02. The highest BCUT2D eigenvalue weighted by atomic mass is 16.3. The first-order chi connectivity index (χ1) is 6.24. The third-order valence-corrected chi connectivity index (χ3v) is 3.11. The van der Waals surface area contributed by atoms with Crippen molar-refractivity contribution in [3.8, 4) is 0 Å². The van der Waals surface area contributed by atoms with E-state index in [0.717, 1.165) is 13.0 Å². The van der Waals surface area contributed by atoms with Gasteiger partial charge in [0.05, 0.1) is 6.10 Å². The number of aliphatic hydroxyl groups excluding tert-OH is 1. The second-order valence-electron chi connectivity index (χ2n) is 4.26. The van der Waals surface area contributed by atoms with Crippen LogP contribution in [0.15, 0.2) is 0 Å². The van der Waals surface area contributed by atoms with Gasteiger partial charge in [-0.25, -0.2) is 0 Å². The zero-order valence-corrected chi connectivity index (χ0v) is 9.00. The van der Waals surface area contributed by atoms with Gasteiger partial charge in [-0.2, -0.15) is 0 Å². The summed E-state index contributed by atoms with van der Waals surface area (Å²) in [5.74, 6) is 0. The van der Waals surface area contributed by atoms with Crippen LogP contribution in [0.1, 0.15) is 46.0 Å². The van der Waals surface area contributed by atoms with E-state index < -0.39 is 0 Å². The monoisotopic (exact) mass is 185 g/mol. The molecule has 2 heteroatoms. The molecule has 1 N–H and O–H groups in total. The molecule has 13 heavy (non-hydrogen) atoms. The van der Waals surface area contributed by atoms with E-state index >= 15 is 0 Å². The highest BCUT2D eigenvalue weighted by Crippen LogP contribution is 2.16. The maximum atomic E-state index is 9.58. The maximum absolute atomic E-state index is 9.58. The minimum absolute atomic E-state index is 0.124. The second-order valence-corrected chi connectivity index (χ2v) is 4.26. The summed E-state index contributed by atoms with van der Waals surface area (Å²) in [6.45, 7) is 6.39. The third-order valence-electron chi connectivity index (χ3n) is 3.11. The molecule has 1 heterocycles. The Bertz CT molecular complexity index is 138. The Morgan fingerprint density at radius 1 is 1.38 bits per heavy atom. The average molecular weight is 185 g/mol. The summed E-state index contributed by atoms with van der Waals surface area (Å²) in [5, 5.41) is 9.58. The summed E-state index contributed by atoms with van der Waals surface area (Å²) < 4.78 is 0. The molecule has 2 unspecified atom stereocenters. The van der Waals surface area contributed by atoms with Crippen molar-refractivity contribution >= 4 is 0 Å². The van der Waals surface area contributed by atoms with Crippen molar-refractivity contribution in [3.63, 3.8) is 0 Å². The van der Waals surface area contributed by atoms with Gasteiger partial charge in [0.2, 0.25) is 0 Å². The SMILES string of the molecule is CCC(O)CN1CCCCCC1C. The van der Waals surface area contributed by atoms with E-state index in [0.29, 0.717) is 6.04 Å². The number of aliphatic hydroxyl groups is 1. The van der Waals surface area contributed by atoms with Crippen molar-refractivity contribution in [2.45, 2.75) is 58.1 Å². The number of hydrogen-bond donors (Lipinski definition) is 1. The van der Waals surface area contributed by atoms with E-state index in [-0.39, 0.29) is 6.10 Å². The first-order valence-electron chi connectivity index (χ1n) is 5.66. The zero-order chi connectivity index (χ0) is 9.68. The van der Waals surface area contributed by atoms with Crippen molar-refractivity contribution in [2.24, 2.45) is 0 Å². The van der Waals surface area contributed by atoms with E-state index in [2.05, 4.69) is 11.8 Å². The highest BCUT2D eigenvalue weighted by Gasteiger charge is 2.18. The second kappa shape index (κ2) is 5.61. The zero-order valence-electron chi connectivity index (χ0n) is 9.00. The van der Waals surface area contributed by atoms with Crippen molar-refractivity contribution in [1.82, 2.24) is 4.90 Å². The van der Waals surface area contributed by atoms with Gasteiger partial charge in [0.1, 0.15) is 0 Å². The number of rotatable bonds is 3. The van der Waals surface area contributed by atoms with E-state index in [1.54, 1.807) is 0 Å². The maximum Gasteiger partial charge on any atom is 0.0664 e. The van der Waals surface area contributed by atoms with Crippen LogP contribution in [0.2, 0.25) is 0 Å². The molecule has 1 fully saturated rings. The van der Waals surface area contributed by atoms with Crippen LogP contribution in [-0.2, 0) is 0 Å². The Morgan fingerprint density at radius 2 is 2.15 bits per heavy atom. The lowest BCUT2D eigenvalue weighted by Gasteiger charge is -2.28. The van der Waals surface area contributed by atoms with Gasteiger partial charge in [0.15, 0.2) is 0 Å². The van der Waals surface area contributed by atoms with Crippen LogP contribution in [0.25, 0.3) is 0 Å². The van der Waals surface area contributed by atoms with Crippen LogP contribution in [-0.4, -0.2) is 35.2 Å². The molecule has 0 aromatic rings. The van der Waals surface area contributed by atoms with Gasteiger partial charge in [-0.3, -0.25) is 4.90 Å². The predicted molar refractivity (Wildman–Crippen MR) is 55.8 cm³/mol. The third kappa shape index (κ3) is 3.65. The molecule has 0 aliphatic carbocycles. The van der Waals surface area contributed by atoms with E-state index in [4.69, 9.17) is 0 Å². The molecule has 0 radical (unpaired) electrons. The summed E-state index contributed by atoms with van der Waals surface area (Å²) in [4.78, 5) is 2.45. The summed E-state index contributed by atoms with van der Waals surface area (Å²) >= 11 is 0. The molecule has 0 bridgehead atoms. The van der Waals surface area contributed by atoms with E-state index in [1.165, 1.54) is 32.2 Å². The van der Waals surface area contributed by atoms with E-state index in [9.17, 15) is 5.11 Å². The number of nitrogens with zero attached hydrogens (tertiary/aromatic N) is 1. The lowest BCUT2D eigenvalue weighted by molar-refractivity contribution is 0.0902. The molecule has 0 spiro atoms. The van der Waals surface area contributed by atoms with Gasteiger partial charge >= 0.3 is 0 Å². The van der Waals surface area contributed by atoms with Crippen LogP contribution in [0.3, 0.4) is 0 Å². The highest BCUT2D eigenvalue weighted by molar-refractivity contribution is 4.73. The molecule has 2 atom stereocenters. The normalized spacial score (nSPS) is 28.4. The standard InChI is InChI=1S/C11H23NO/c1-3-11(13)9-12-8-6-4-5-7-10(12)2/h10-11,13H,3-9H2,1-2H3. The van der Waals surface area contributed by atoms with Gasteiger partial charge < -0.3 is 5.11 Å². The molecule has 2 nitrogen and oxygen atoms in total. The largest absolute Gasteiger partial charge is 0.392 e. The number of hydrogen-bond acceptors (Lipinski definition) is 2. The quantitative estimate of drug-likeness (QED) is 0.727. The Kier molecular flexibility index (Phi) is 4.74. The van der Waals surface area contributed by atoms with Gasteiger partial charge in [-0.05, 0) is 32.7 Å². The van der Waals surface area contributed by atoms with Crippen molar-refractivity contribution in [3.05, 3.63) is 0 Å². The van der Waals surface area contributed by atoms with Crippen molar-refractivity contribution in [2.75, 3.05) is 13.1 Å². The van der Waals surface area contributed by atoms with Crippen LogP contribution in [0.5, 0.6) is 0 Å². The van der Waals surface area contributed by atoms with Crippen molar-refractivity contribution < 1.29 is 5.11 Å². The Hall–Kier alpha value is -0.0800. The fourth-order valence-corrected chi connectivity index (χ4v) is 2.01. The summed E-state index contributed by atoms with van der Waals surface area (Å²) in [5.41, 5.74) is 0. The van der Waals surface area contributed by atoms with Gasteiger partial charge in [-0.1, -0.05) is 19.8 Å².